The van der Waals surface area contributed by atoms with E-state index in [2.05, 4.69) is 21.1 Å². The monoisotopic (exact) mass is 614 g/mol. The molecule has 45 heavy (non-hydrogen) atoms. The van der Waals surface area contributed by atoms with Crippen LogP contribution in [0.15, 0.2) is 55.2 Å². The van der Waals surface area contributed by atoms with Crippen LogP contribution in [0.5, 0.6) is 0 Å². The van der Waals surface area contributed by atoms with Crippen LogP contribution in [0.4, 0.5) is 28.9 Å². The van der Waals surface area contributed by atoms with E-state index in [0.717, 1.165) is 4.68 Å². The summed E-state index contributed by atoms with van der Waals surface area (Å²) in [5.74, 6) is -0.369. The molecule has 7 rings (SSSR count). The van der Waals surface area contributed by atoms with Crippen molar-refractivity contribution in [3.05, 3.63) is 88.9 Å². The van der Waals surface area contributed by atoms with Gasteiger partial charge in [-0.15, -0.1) is 0 Å². The number of aromatic nitrogens is 5. The van der Waals surface area contributed by atoms with E-state index in [9.17, 15) is 27.6 Å². The van der Waals surface area contributed by atoms with Crippen LogP contribution in [-0.2, 0) is 26.2 Å². The molecule has 2 aliphatic rings. The van der Waals surface area contributed by atoms with E-state index in [1.165, 1.54) is 13.2 Å². The molecular weight excluding hydrogens is 588 g/mol. The molecule has 0 N–H and O–H groups in total. The van der Waals surface area contributed by atoms with Crippen molar-refractivity contribution in [2.24, 2.45) is 7.05 Å². The van der Waals surface area contributed by atoms with Gasteiger partial charge in [-0.05, 0) is 60.4 Å². The van der Waals surface area contributed by atoms with Crippen molar-refractivity contribution in [2.45, 2.75) is 32.2 Å². The van der Waals surface area contributed by atoms with Crippen molar-refractivity contribution in [3.63, 3.8) is 0 Å². The summed E-state index contributed by atoms with van der Waals surface area (Å²) >= 11 is 0. The van der Waals surface area contributed by atoms with E-state index in [-0.39, 0.29) is 31.1 Å². The van der Waals surface area contributed by atoms with Gasteiger partial charge in [0.25, 0.3) is 5.91 Å². The lowest BCUT2D eigenvalue weighted by Gasteiger charge is -2.36. The summed E-state index contributed by atoms with van der Waals surface area (Å²) in [6.45, 7) is 2.72. The van der Waals surface area contributed by atoms with Crippen molar-refractivity contribution in [2.75, 3.05) is 29.4 Å². The number of carbonyl (C=O) groups excluding carboxylic acids is 1. The lowest BCUT2D eigenvalue weighted by Crippen LogP contribution is -2.48. The Hall–Kier alpha value is -5.25. The molecule has 2 aliphatic heterocycles. The van der Waals surface area contributed by atoms with Crippen molar-refractivity contribution in [1.82, 2.24) is 24.3 Å². The van der Waals surface area contributed by atoms with Gasteiger partial charge in [-0.2, -0.15) is 23.5 Å². The minimum absolute atomic E-state index is 0.0865. The van der Waals surface area contributed by atoms with Crippen LogP contribution in [0.2, 0.25) is 0 Å². The topological polar surface area (TPSA) is 95.9 Å². The number of nitrogens with zero attached hydrogens (tertiary/aromatic N) is 8. The third kappa shape index (κ3) is 4.96. The van der Waals surface area contributed by atoms with Gasteiger partial charge in [-0.3, -0.25) is 9.48 Å². The van der Waals surface area contributed by atoms with E-state index in [1.807, 2.05) is 11.0 Å². The number of amides is 1. The number of imidazole rings is 1. The Morgan fingerprint density at radius 2 is 1.87 bits per heavy atom. The number of pyridine rings is 1. The number of alkyl halides is 4. The maximum atomic E-state index is 14.3. The van der Waals surface area contributed by atoms with Crippen molar-refractivity contribution < 1.29 is 22.4 Å². The Balaban J connectivity index is 1.35. The highest BCUT2D eigenvalue weighted by Gasteiger charge is 2.39. The summed E-state index contributed by atoms with van der Waals surface area (Å²) in [5.41, 5.74) is 3.24. The van der Waals surface area contributed by atoms with E-state index in [0.29, 0.717) is 68.8 Å². The second-order valence-electron chi connectivity index (χ2n) is 11.4. The summed E-state index contributed by atoms with van der Waals surface area (Å²) in [7, 11) is 1.43. The van der Waals surface area contributed by atoms with Crippen LogP contribution in [0.1, 0.15) is 38.4 Å². The van der Waals surface area contributed by atoms with Gasteiger partial charge in [0.05, 0.1) is 41.9 Å². The average molecular weight is 615 g/mol. The Morgan fingerprint density at radius 1 is 1.09 bits per heavy atom. The predicted molar refractivity (Wildman–Crippen MR) is 159 cm³/mol. The molecule has 2 aromatic carbocycles. The normalized spacial score (nSPS) is 15.4. The zero-order valence-corrected chi connectivity index (χ0v) is 24.3. The number of hydrogen-bond acceptors (Lipinski definition) is 6. The number of nitriles is 1. The summed E-state index contributed by atoms with van der Waals surface area (Å²) < 4.78 is 58.8. The molecule has 1 amide bonds. The largest absolute Gasteiger partial charge is 0.435 e. The lowest BCUT2D eigenvalue weighted by atomic mass is 9.88. The Morgan fingerprint density at radius 3 is 2.56 bits per heavy atom. The van der Waals surface area contributed by atoms with E-state index >= 15 is 0 Å². The summed E-state index contributed by atoms with van der Waals surface area (Å²) in [5, 5.41) is 14.2. The summed E-state index contributed by atoms with van der Waals surface area (Å²) in [6.07, 6.45) is 0.949. The van der Waals surface area contributed by atoms with Gasteiger partial charge in [0, 0.05) is 60.9 Å². The third-order valence-electron chi connectivity index (χ3n) is 8.36. The highest BCUT2D eigenvalue weighted by molar-refractivity contribution is 6.10. The van der Waals surface area contributed by atoms with Gasteiger partial charge in [-0.1, -0.05) is 0 Å². The number of fused-ring (bicyclic) bond motifs is 2. The molecule has 0 atom stereocenters. The minimum Gasteiger partial charge on any atom is -0.366 e. The van der Waals surface area contributed by atoms with Crippen LogP contribution < -0.4 is 9.80 Å². The molecule has 5 aromatic rings. The molecule has 0 aliphatic carbocycles. The average Bonchev–Trinajstić information content (AvgIpc) is 3.64. The zero-order chi connectivity index (χ0) is 31.6. The predicted octanol–water partition coefficient (Wildman–Crippen LogP) is 5.44. The molecule has 0 spiro atoms. The number of aryl methyl sites for hydroxylation is 2. The first-order chi connectivity index (χ1) is 21.5. The van der Waals surface area contributed by atoms with E-state index < -0.39 is 18.0 Å². The Bertz CT molecular complexity index is 2020. The second kappa shape index (κ2) is 10.4. The minimum atomic E-state index is -4.69. The third-order valence-corrected chi connectivity index (χ3v) is 8.36. The standard InChI is InChI=1S/C32H26F4N8O/c1-18-28(11-20-9-23(43-14-22(33)15-43)10-21(12-37)29(20)39-18)44-5-3-24-25(27-16-41(2)40-30(27)32(34,35)36)7-19(8-26(24)31(44)45)13-42-6-4-38-17-42/h4,6-11,16-17,22H,3,5,13-15H2,1-2H3. The van der Waals surface area contributed by atoms with Crippen LogP contribution in [0, 0.1) is 18.3 Å². The van der Waals surface area contributed by atoms with Crippen LogP contribution in [0.3, 0.4) is 0 Å². The first-order valence-corrected chi connectivity index (χ1v) is 14.3. The molecule has 0 saturated carbocycles. The molecule has 5 heterocycles. The number of benzene rings is 2. The van der Waals surface area contributed by atoms with Crippen molar-refractivity contribution >= 4 is 28.2 Å². The Kier molecular flexibility index (Phi) is 6.61. The van der Waals surface area contributed by atoms with E-state index in [1.54, 1.807) is 59.4 Å². The van der Waals surface area contributed by atoms with Gasteiger partial charge in [0.15, 0.2) is 5.69 Å². The fourth-order valence-electron chi connectivity index (χ4n) is 6.24. The molecule has 0 radical (unpaired) electrons. The number of halogens is 4. The molecule has 1 fully saturated rings. The van der Waals surface area contributed by atoms with Crippen LogP contribution in [-0.4, -0.2) is 56.0 Å². The summed E-state index contributed by atoms with van der Waals surface area (Å²) in [6, 6.07) is 10.9. The molecule has 0 bridgehead atoms. The quantitative estimate of drug-likeness (QED) is 0.245. The molecule has 9 nitrogen and oxygen atoms in total. The van der Waals surface area contributed by atoms with E-state index in [4.69, 9.17) is 0 Å². The maximum Gasteiger partial charge on any atom is 0.435 e. The van der Waals surface area contributed by atoms with Crippen LogP contribution >= 0.6 is 0 Å². The van der Waals surface area contributed by atoms with Gasteiger partial charge in [0.1, 0.15) is 12.2 Å². The molecule has 13 heteroatoms. The number of anilines is 2. The maximum absolute atomic E-state index is 14.3. The second-order valence-corrected chi connectivity index (χ2v) is 11.4. The smallest absolute Gasteiger partial charge is 0.366 e. The molecule has 228 valence electrons. The summed E-state index contributed by atoms with van der Waals surface area (Å²) in [4.78, 5) is 26.4. The van der Waals surface area contributed by atoms with Crippen molar-refractivity contribution in [1.29, 1.82) is 5.26 Å². The molecular formula is C32H26F4N8O. The zero-order valence-electron chi connectivity index (χ0n) is 24.3. The highest BCUT2D eigenvalue weighted by Crippen LogP contribution is 2.41. The number of carbonyl (C=O) groups is 1. The van der Waals surface area contributed by atoms with Gasteiger partial charge in [-0.25, -0.2) is 14.4 Å². The first kappa shape index (κ1) is 28.5. The molecule has 1 saturated heterocycles. The first-order valence-electron chi connectivity index (χ1n) is 14.3. The fraction of sp³-hybridized carbons (Fsp3) is 0.281. The number of hydrogen-bond donors (Lipinski definition) is 0. The van der Waals surface area contributed by atoms with Gasteiger partial charge < -0.3 is 14.4 Å². The SMILES string of the molecule is Cc1nc2c(C#N)cc(N3CC(F)C3)cc2cc1N1CCc2c(cc(Cn3ccnc3)cc2-c2cn(C)nc2C(F)(F)F)C1=O. The fourth-order valence-corrected chi connectivity index (χ4v) is 6.24. The lowest BCUT2D eigenvalue weighted by molar-refractivity contribution is -0.140. The van der Waals surface area contributed by atoms with Gasteiger partial charge >= 0.3 is 6.18 Å². The molecule has 0 unspecified atom stereocenters. The molecule has 3 aromatic heterocycles. The number of rotatable bonds is 5. The highest BCUT2D eigenvalue weighted by atomic mass is 19.4. The van der Waals surface area contributed by atoms with Crippen LogP contribution in [0.25, 0.3) is 22.0 Å². The van der Waals surface area contributed by atoms with Crippen molar-refractivity contribution in [3.8, 4) is 17.2 Å². The Labute approximate surface area is 254 Å². The van der Waals surface area contributed by atoms with Gasteiger partial charge in [0.2, 0.25) is 0 Å².